The van der Waals surface area contributed by atoms with Crippen molar-refractivity contribution in [1.29, 1.82) is 0 Å². The molecule has 1 fully saturated rings. The van der Waals surface area contributed by atoms with E-state index < -0.39 is 0 Å². The van der Waals surface area contributed by atoms with Crippen molar-refractivity contribution in [3.8, 4) is 10.8 Å². The van der Waals surface area contributed by atoms with Crippen LogP contribution in [0.1, 0.15) is 36.0 Å². The van der Waals surface area contributed by atoms with Gasteiger partial charge in [-0.2, -0.15) is 0 Å². The van der Waals surface area contributed by atoms with Crippen LogP contribution in [0.15, 0.2) is 34.5 Å². The van der Waals surface area contributed by atoms with Gasteiger partial charge in [0.25, 0.3) is 5.89 Å². The molecule has 6 nitrogen and oxygen atoms in total. The standard InChI is InChI=1S/C16H17N5OS/c1-11-14(23-10-18-11)16-20-19-15(22-16)13-5-3-7-21(13)9-12-4-2-6-17-8-12/h2,4,6,8,10,13H,3,5,7,9H2,1H3. The van der Waals surface area contributed by atoms with E-state index in [0.29, 0.717) is 11.8 Å². The second-order valence-corrected chi connectivity index (χ2v) is 6.56. The van der Waals surface area contributed by atoms with E-state index in [1.807, 2.05) is 19.2 Å². The lowest BCUT2D eigenvalue weighted by Crippen LogP contribution is -2.23. The summed E-state index contributed by atoms with van der Waals surface area (Å²) in [6, 6.07) is 4.25. The summed E-state index contributed by atoms with van der Waals surface area (Å²) >= 11 is 1.53. The van der Waals surface area contributed by atoms with E-state index in [1.54, 1.807) is 11.7 Å². The Morgan fingerprint density at radius 1 is 1.39 bits per heavy atom. The second kappa shape index (κ2) is 6.17. The summed E-state index contributed by atoms with van der Waals surface area (Å²) < 4.78 is 5.95. The van der Waals surface area contributed by atoms with Gasteiger partial charge in [-0.05, 0) is 37.9 Å². The number of hydrogen-bond acceptors (Lipinski definition) is 7. The first-order valence-corrected chi connectivity index (χ1v) is 8.56. The third kappa shape index (κ3) is 2.89. The van der Waals surface area contributed by atoms with Gasteiger partial charge >= 0.3 is 0 Å². The van der Waals surface area contributed by atoms with E-state index in [4.69, 9.17) is 4.42 Å². The number of aromatic nitrogens is 4. The van der Waals surface area contributed by atoms with E-state index >= 15 is 0 Å². The van der Waals surface area contributed by atoms with Crippen LogP contribution >= 0.6 is 11.3 Å². The molecule has 0 N–H and O–H groups in total. The van der Waals surface area contributed by atoms with Gasteiger partial charge in [-0.1, -0.05) is 6.07 Å². The van der Waals surface area contributed by atoms with Crippen molar-refractivity contribution in [2.45, 2.75) is 32.4 Å². The predicted octanol–water partition coefficient (Wildman–Crippen LogP) is 3.23. The quantitative estimate of drug-likeness (QED) is 0.733. The normalized spacial score (nSPS) is 18.6. The topological polar surface area (TPSA) is 67.9 Å². The van der Waals surface area contributed by atoms with Crippen LogP contribution in [0.4, 0.5) is 0 Å². The lowest BCUT2D eigenvalue weighted by Gasteiger charge is -2.21. The molecule has 0 radical (unpaired) electrons. The molecule has 4 rings (SSSR count). The van der Waals surface area contributed by atoms with Gasteiger partial charge in [-0.15, -0.1) is 21.5 Å². The highest BCUT2D eigenvalue weighted by atomic mass is 32.1. The van der Waals surface area contributed by atoms with Crippen LogP contribution in [0.5, 0.6) is 0 Å². The first kappa shape index (κ1) is 14.5. The molecule has 0 amide bonds. The average Bonchev–Trinajstić information content (AvgIpc) is 3.28. The maximum Gasteiger partial charge on any atom is 0.259 e. The zero-order valence-electron chi connectivity index (χ0n) is 12.8. The molecule has 3 aromatic rings. The van der Waals surface area contributed by atoms with E-state index in [0.717, 1.165) is 36.5 Å². The third-order valence-electron chi connectivity index (χ3n) is 4.14. The Morgan fingerprint density at radius 3 is 3.13 bits per heavy atom. The van der Waals surface area contributed by atoms with Crippen LogP contribution in [0, 0.1) is 6.92 Å². The maximum atomic E-state index is 5.95. The highest BCUT2D eigenvalue weighted by Gasteiger charge is 2.31. The molecule has 4 heterocycles. The number of nitrogens with zero attached hydrogens (tertiary/aromatic N) is 5. The average molecular weight is 327 g/mol. The molecule has 1 aliphatic rings. The molecule has 0 saturated carbocycles. The van der Waals surface area contributed by atoms with Crippen molar-refractivity contribution in [3.63, 3.8) is 0 Å². The molecule has 1 unspecified atom stereocenters. The molecule has 0 aliphatic carbocycles. The molecule has 23 heavy (non-hydrogen) atoms. The number of pyridine rings is 1. The van der Waals surface area contributed by atoms with Gasteiger partial charge in [-0.3, -0.25) is 9.88 Å². The van der Waals surface area contributed by atoms with Crippen LogP contribution in [0.2, 0.25) is 0 Å². The van der Waals surface area contributed by atoms with Gasteiger partial charge in [0.05, 0.1) is 17.2 Å². The highest BCUT2D eigenvalue weighted by molar-refractivity contribution is 7.13. The van der Waals surface area contributed by atoms with E-state index in [-0.39, 0.29) is 6.04 Å². The van der Waals surface area contributed by atoms with Crippen LogP contribution in [0.3, 0.4) is 0 Å². The minimum Gasteiger partial charge on any atom is -0.418 e. The monoisotopic (exact) mass is 327 g/mol. The van der Waals surface area contributed by atoms with Gasteiger partial charge in [-0.25, -0.2) is 4.98 Å². The highest BCUT2D eigenvalue weighted by Crippen LogP contribution is 2.34. The van der Waals surface area contributed by atoms with Crippen molar-refractivity contribution >= 4 is 11.3 Å². The predicted molar refractivity (Wildman–Crippen MR) is 86.8 cm³/mol. The third-order valence-corrected chi connectivity index (χ3v) is 5.05. The fraction of sp³-hybridized carbons (Fsp3) is 0.375. The smallest absolute Gasteiger partial charge is 0.259 e. The minimum atomic E-state index is 0.185. The van der Waals surface area contributed by atoms with Crippen LogP contribution in [0.25, 0.3) is 10.8 Å². The number of thiazole rings is 1. The summed E-state index contributed by atoms with van der Waals surface area (Å²) in [5.41, 5.74) is 3.94. The molecule has 7 heteroatoms. The molecule has 1 aliphatic heterocycles. The Bertz CT molecular complexity index is 785. The first-order chi connectivity index (χ1) is 11.3. The fourth-order valence-corrected chi connectivity index (χ4v) is 3.71. The van der Waals surface area contributed by atoms with Crippen LogP contribution in [-0.2, 0) is 6.54 Å². The lowest BCUT2D eigenvalue weighted by molar-refractivity contribution is 0.215. The van der Waals surface area contributed by atoms with Gasteiger partial charge in [0.2, 0.25) is 5.89 Å². The SMILES string of the molecule is Cc1ncsc1-c1nnc(C2CCCN2Cc2cccnc2)o1. The molecule has 0 spiro atoms. The molecular formula is C16H17N5OS. The van der Waals surface area contributed by atoms with Crippen molar-refractivity contribution < 1.29 is 4.42 Å². The van der Waals surface area contributed by atoms with E-state index in [1.165, 1.54) is 16.9 Å². The number of hydrogen-bond donors (Lipinski definition) is 0. The Labute approximate surface area is 138 Å². The van der Waals surface area contributed by atoms with Gasteiger partial charge in [0, 0.05) is 18.9 Å². The second-order valence-electron chi connectivity index (χ2n) is 5.70. The maximum absolute atomic E-state index is 5.95. The first-order valence-electron chi connectivity index (χ1n) is 7.68. The van der Waals surface area contributed by atoms with Crippen LogP contribution < -0.4 is 0 Å². The molecule has 1 saturated heterocycles. The molecule has 1 atom stereocenters. The number of rotatable bonds is 4. The molecular weight excluding hydrogens is 310 g/mol. The van der Waals surface area contributed by atoms with Gasteiger partial charge < -0.3 is 4.42 Å². The minimum absolute atomic E-state index is 0.185. The van der Waals surface area contributed by atoms with Gasteiger partial charge in [0.15, 0.2) is 0 Å². The number of likely N-dealkylation sites (tertiary alicyclic amines) is 1. The largest absolute Gasteiger partial charge is 0.418 e. The summed E-state index contributed by atoms with van der Waals surface area (Å²) in [5, 5.41) is 8.51. The Balaban J connectivity index is 1.55. The molecule has 0 bridgehead atoms. The summed E-state index contributed by atoms with van der Waals surface area (Å²) in [6.45, 7) is 3.85. The van der Waals surface area contributed by atoms with Crippen LogP contribution in [-0.4, -0.2) is 31.6 Å². The van der Waals surface area contributed by atoms with Crippen molar-refractivity contribution in [1.82, 2.24) is 25.1 Å². The van der Waals surface area contributed by atoms with Crippen molar-refractivity contribution in [2.75, 3.05) is 6.54 Å². The summed E-state index contributed by atoms with van der Waals surface area (Å²) in [4.78, 5) is 11.8. The van der Waals surface area contributed by atoms with Crippen molar-refractivity contribution in [2.24, 2.45) is 0 Å². The van der Waals surface area contributed by atoms with Crippen molar-refractivity contribution in [3.05, 3.63) is 47.2 Å². The zero-order valence-corrected chi connectivity index (χ0v) is 13.7. The number of aryl methyl sites for hydroxylation is 1. The Hall–Kier alpha value is -2.12. The fourth-order valence-electron chi connectivity index (χ4n) is 2.99. The van der Waals surface area contributed by atoms with E-state index in [9.17, 15) is 0 Å². The summed E-state index contributed by atoms with van der Waals surface area (Å²) in [5.74, 6) is 1.28. The van der Waals surface area contributed by atoms with Gasteiger partial charge in [0.1, 0.15) is 4.88 Å². The molecule has 3 aromatic heterocycles. The molecule has 118 valence electrons. The summed E-state index contributed by atoms with van der Waals surface area (Å²) in [6.07, 6.45) is 5.90. The van der Waals surface area contributed by atoms with E-state index in [2.05, 4.69) is 31.1 Å². The summed E-state index contributed by atoms with van der Waals surface area (Å²) in [7, 11) is 0. The lowest BCUT2D eigenvalue weighted by atomic mass is 10.2. The Kier molecular flexibility index (Phi) is 3.88. The zero-order chi connectivity index (χ0) is 15.6. The Morgan fingerprint density at radius 2 is 2.35 bits per heavy atom. The molecule has 0 aromatic carbocycles.